The minimum atomic E-state index is -0.595. The summed E-state index contributed by atoms with van der Waals surface area (Å²) in [5.74, 6) is -0.498. The molecule has 0 aliphatic carbocycles. The number of hydrogen-bond donors (Lipinski definition) is 2. The molecule has 1 aromatic heterocycles. The number of amides is 1. The average Bonchev–Trinajstić information content (AvgIpc) is 2.93. The first-order valence-corrected chi connectivity index (χ1v) is 9.74. The monoisotopic (exact) mass is 408 g/mol. The Bertz CT molecular complexity index is 852. The first kappa shape index (κ1) is 22.1. The average molecular weight is 409 g/mol. The summed E-state index contributed by atoms with van der Waals surface area (Å²) in [6.07, 6.45) is 0.0976. The Balaban J connectivity index is 2.45. The third-order valence-corrected chi connectivity index (χ3v) is 4.49. The van der Waals surface area contributed by atoms with Gasteiger partial charge in [-0.05, 0) is 51.3 Å². The molecule has 1 atom stereocenters. The van der Waals surface area contributed by atoms with Crippen LogP contribution in [-0.2, 0) is 20.8 Å². The number of benzene rings is 1. The van der Waals surface area contributed by atoms with Crippen LogP contribution >= 0.6 is 11.6 Å². The molecule has 0 aliphatic rings. The molecular formula is C21H29ClN2O4. The topological polar surface area (TPSA) is 80.4 Å². The van der Waals surface area contributed by atoms with E-state index >= 15 is 0 Å². The number of nitrogens with one attached hydrogen (secondary N) is 2. The molecule has 2 N–H and O–H groups in total. The maximum absolute atomic E-state index is 12.5. The van der Waals surface area contributed by atoms with Crippen molar-refractivity contribution in [3.8, 4) is 0 Å². The van der Waals surface area contributed by atoms with Crippen molar-refractivity contribution in [2.75, 3.05) is 7.11 Å². The van der Waals surface area contributed by atoms with Crippen LogP contribution in [0.3, 0.4) is 0 Å². The van der Waals surface area contributed by atoms with Gasteiger partial charge in [0.05, 0.1) is 13.0 Å². The van der Waals surface area contributed by atoms with Crippen molar-refractivity contribution in [3.63, 3.8) is 0 Å². The first-order chi connectivity index (χ1) is 13.0. The van der Waals surface area contributed by atoms with Gasteiger partial charge >= 0.3 is 12.1 Å². The molecule has 154 valence electrons. The predicted molar refractivity (Wildman–Crippen MR) is 111 cm³/mol. The summed E-state index contributed by atoms with van der Waals surface area (Å²) in [5, 5.41) is 4.22. The van der Waals surface area contributed by atoms with Crippen LogP contribution in [-0.4, -0.2) is 29.8 Å². The van der Waals surface area contributed by atoms with Crippen LogP contribution in [0.15, 0.2) is 18.2 Å². The van der Waals surface area contributed by atoms with E-state index in [1.54, 1.807) is 26.8 Å². The summed E-state index contributed by atoms with van der Waals surface area (Å²) < 4.78 is 10.4. The quantitative estimate of drug-likeness (QED) is 0.648. The number of ether oxygens (including phenoxy) is 2. The molecule has 28 heavy (non-hydrogen) atoms. The summed E-state index contributed by atoms with van der Waals surface area (Å²) in [6.45, 7) is 9.72. The van der Waals surface area contributed by atoms with Gasteiger partial charge < -0.3 is 19.8 Å². The molecule has 0 fully saturated rings. The molecule has 0 spiro atoms. The van der Waals surface area contributed by atoms with Crippen LogP contribution in [0.1, 0.15) is 58.2 Å². The van der Waals surface area contributed by atoms with Crippen molar-refractivity contribution in [1.82, 2.24) is 10.3 Å². The van der Waals surface area contributed by atoms with Crippen molar-refractivity contribution in [2.45, 2.75) is 59.1 Å². The third kappa shape index (κ3) is 5.64. The van der Waals surface area contributed by atoms with Gasteiger partial charge in [-0.2, -0.15) is 0 Å². The lowest BCUT2D eigenvalue weighted by molar-refractivity contribution is -0.143. The molecular weight excluding hydrogens is 380 g/mol. The molecule has 0 radical (unpaired) electrons. The number of fused-ring (bicyclic) bond motifs is 1. The van der Waals surface area contributed by atoms with Gasteiger partial charge in [0.1, 0.15) is 5.60 Å². The van der Waals surface area contributed by atoms with Crippen LogP contribution in [0.2, 0.25) is 5.02 Å². The Kier molecular flexibility index (Phi) is 6.99. The van der Waals surface area contributed by atoms with E-state index in [1.165, 1.54) is 7.11 Å². The fourth-order valence-electron chi connectivity index (χ4n) is 3.15. The summed E-state index contributed by atoms with van der Waals surface area (Å²) in [7, 11) is 1.38. The number of hydrogen-bond acceptors (Lipinski definition) is 4. The number of carbonyl (C=O) groups excluding carboxylic acids is 2. The number of aromatic amines is 1. The number of methoxy groups -OCH3 is 1. The highest BCUT2D eigenvalue weighted by molar-refractivity contribution is 6.31. The van der Waals surface area contributed by atoms with Gasteiger partial charge in [0.15, 0.2) is 0 Å². The fraction of sp³-hybridized carbons (Fsp3) is 0.524. The van der Waals surface area contributed by atoms with E-state index in [1.807, 2.05) is 26.0 Å². The smallest absolute Gasteiger partial charge is 0.407 e. The van der Waals surface area contributed by atoms with Gasteiger partial charge in [0, 0.05) is 33.7 Å². The molecule has 1 aromatic carbocycles. The number of esters is 1. The summed E-state index contributed by atoms with van der Waals surface area (Å²) >= 11 is 6.19. The molecule has 7 heteroatoms. The van der Waals surface area contributed by atoms with Crippen LogP contribution in [0, 0.1) is 5.92 Å². The lowest BCUT2D eigenvalue weighted by Gasteiger charge is -2.21. The molecule has 0 saturated heterocycles. The highest BCUT2D eigenvalue weighted by Crippen LogP contribution is 2.33. The van der Waals surface area contributed by atoms with E-state index in [4.69, 9.17) is 21.1 Å². The van der Waals surface area contributed by atoms with Gasteiger partial charge in [-0.25, -0.2) is 4.79 Å². The largest absolute Gasteiger partial charge is 0.469 e. The zero-order chi connectivity index (χ0) is 21.1. The zero-order valence-electron chi connectivity index (χ0n) is 17.3. The van der Waals surface area contributed by atoms with Crippen LogP contribution in [0.5, 0.6) is 0 Å². The van der Waals surface area contributed by atoms with Crippen molar-refractivity contribution in [1.29, 1.82) is 0 Å². The van der Waals surface area contributed by atoms with Gasteiger partial charge in [0.2, 0.25) is 0 Å². The maximum atomic E-state index is 12.5. The van der Waals surface area contributed by atoms with E-state index in [0.717, 1.165) is 22.2 Å². The highest BCUT2D eigenvalue weighted by atomic mass is 35.5. The normalized spacial score (nSPS) is 12.9. The van der Waals surface area contributed by atoms with Crippen molar-refractivity contribution >= 4 is 34.6 Å². The predicted octanol–water partition coefficient (Wildman–Crippen LogP) is 5.15. The number of carbonyl (C=O) groups is 2. The van der Waals surface area contributed by atoms with E-state index in [0.29, 0.717) is 11.4 Å². The third-order valence-electron chi connectivity index (χ3n) is 4.25. The molecule has 0 bridgehead atoms. The Hall–Kier alpha value is -2.21. The van der Waals surface area contributed by atoms with Crippen molar-refractivity contribution in [3.05, 3.63) is 34.5 Å². The van der Waals surface area contributed by atoms with Gasteiger partial charge in [0.25, 0.3) is 0 Å². The lowest BCUT2D eigenvalue weighted by Crippen LogP contribution is -2.32. The Morgan fingerprint density at radius 2 is 1.93 bits per heavy atom. The van der Waals surface area contributed by atoms with E-state index < -0.39 is 17.6 Å². The van der Waals surface area contributed by atoms with Gasteiger partial charge in [-0.1, -0.05) is 25.4 Å². The van der Waals surface area contributed by atoms with Crippen LogP contribution < -0.4 is 5.32 Å². The zero-order valence-corrected chi connectivity index (χ0v) is 18.1. The van der Waals surface area contributed by atoms with E-state index in [2.05, 4.69) is 10.3 Å². The first-order valence-electron chi connectivity index (χ1n) is 9.36. The number of alkyl carbamates (subject to hydrolysis) is 1. The molecule has 0 saturated carbocycles. The van der Waals surface area contributed by atoms with Crippen LogP contribution in [0.4, 0.5) is 4.79 Å². The maximum Gasteiger partial charge on any atom is 0.407 e. The summed E-state index contributed by atoms with van der Waals surface area (Å²) in [6, 6.07) is 5.47. The second-order valence-corrected chi connectivity index (χ2v) is 8.70. The van der Waals surface area contributed by atoms with E-state index in [-0.39, 0.29) is 18.4 Å². The van der Waals surface area contributed by atoms with Gasteiger partial charge in [-0.15, -0.1) is 0 Å². The minimum Gasteiger partial charge on any atom is -0.469 e. The standard InChI is InChI=1S/C21H29ClN2O4/c1-12(2)9-15(19(25)27-6)18-16(11-23-20(26)28-21(3,4)5)14-10-13(22)7-8-17(14)24-18/h7-8,10,12,15,24H,9,11H2,1-6H3,(H,23,26)/t15-/m1/s1. The summed E-state index contributed by atoms with van der Waals surface area (Å²) in [4.78, 5) is 28.0. The fourth-order valence-corrected chi connectivity index (χ4v) is 3.32. The van der Waals surface area contributed by atoms with Crippen molar-refractivity contribution < 1.29 is 19.1 Å². The van der Waals surface area contributed by atoms with E-state index in [9.17, 15) is 9.59 Å². The van der Waals surface area contributed by atoms with Crippen LogP contribution in [0.25, 0.3) is 10.9 Å². The molecule has 1 amide bonds. The Labute approximate surface area is 170 Å². The lowest BCUT2D eigenvalue weighted by atomic mass is 9.91. The number of rotatable bonds is 6. The number of halogens is 1. The molecule has 1 heterocycles. The SMILES string of the molecule is COC(=O)[C@H](CC(C)C)c1[nH]c2ccc(Cl)cc2c1CNC(=O)OC(C)(C)C. The Morgan fingerprint density at radius 3 is 2.50 bits per heavy atom. The number of H-pyrrole nitrogens is 1. The second kappa shape index (κ2) is 8.86. The molecule has 0 unspecified atom stereocenters. The second-order valence-electron chi connectivity index (χ2n) is 8.27. The molecule has 0 aliphatic heterocycles. The number of aromatic nitrogens is 1. The Morgan fingerprint density at radius 1 is 1.25 bits per heavy atom. The van der Waals surface area contributed by atoms with Gasteiger partial charge in [-0.3, -0.25) is 4.79 Å². The van der Waals surface area contributed by atoms with Crippen molar-refractivity contribution in [2.24, 2.45) is 5.92 Å². The molecule has 2 rings (SSSR count). The molecule has 6 nitrogen and oxygen atoms in total. The summed E-state index contributed by atoms with van der Waals surface area (Å²) in [5.41, 5.74) is 1.79. The minimum absolute atomic E-state index is 0.205. The molecule has 2 aromatic rings. The highest BCUT2D eigenvalue weighted by Gasteiger charge is 2.28.